The summed E-state index contributed by atoms with van der Waals surface area (Å²) in [6.45, 7) is 0. The van der Waals surface area contributed by atoms with Crippen molar-refractivity contribution in [1.29, 1.82) is 0 Å². The van der Waals surface area contributed by atoms with Crippen LogP contribution in [-0.4, -0.2) is 27.9 Å². The van der Waals surface area contributed by atoms with Crippen LogP contribution < -0.4 is 10.6 Å². The Bertz CT molecular complexity index is 861. The number of Topliss-reactive ketones (excluding diaryl/α,β-unsaturated/α-hetero) is 1. The van der Waals surface area contributed by atoms with Crippen LogP contribution in [0.5, 0.6) is 0 Å². The molecule has 27 heavy (non-hydrogen) atoms. The van der Waals surface area contributed by atoms with Gasteiger partial charge in [-0.05, 0) is 29.9 Å². The predicted molar refractivity (Wildman–Crippen MR) is 98.3 cm³/mol. The maximum absolute atomic E-state index is 13.8. The molecule has 0 saturated carbocycles. The van der Waals surface area contributed by atoms with Gasteiger partial charge in [0.1, 0.15) is 5.92 Å². The molecule has 0 aliphatic carbocycles. The summed E-state index contributed by atoms with van der Waals surface area (Å²) in [5, 5.41) is 15.0. The largest absolute Gasteiger partial charge is 0.437 e. The van der Waals surface area contributed by atoms with E-state index in [2.05, 4.69) is 5.32 Å². The van der Waals surface area contributed by atoms with Crippen LogP contribution >= 0.6 is 23.8 Å². The third-order valence-corrected chi connectivity index (χ3v) is 4.85. The number of alkyl halides is 3. The second-order valence-electron chi connectivity index (χ2n) is 6.10. The van der Waals surface area contributed by atoms with Crippen LogP contribution in [0.25, 0.3) is 0 Å². The molecule has 9 heteroatoms. The van der Waals surface area contributed by atoms with Gasteiger partial charge in [0.25, 0.3) is 0 Å². The number of carbonyl (C=O) groups excluding carboxylic acids is 1. The molecule has 1 aliphatic heterocycles. The maximum Gasteiger partial charge on any atom is 0.437 e. The Hall–Kier alpha value is -2.16. The lowest BCUT2D eigenvalue weighted by atomic mass is 9.77. The molecule has 1 heterocycles. The predicted octanol–water partition coefficient (Wildman–Crippen LogP) is 3.61. The number of benzene rings is 2. The van der Waals surface area contributed by atoms with Gasteiger partial charge in [-0.1, -0.05) is 54.1 Å². The van der Waals surface area contributed by atoms with Crippen molar-refractivity contribution >= 4 is 34.7 Å². The first-order valence-corrected chi connectivity index (χ1v) is 8.64. The lowest BCUT2D eigenvalue weighted by Crippen LogP contribution is -2.72. The summed E-state index contributed by atoms with van der Waals surface area (Å²) in [7, 11) is 0. The van der Waals surface area contributed by atoms with Crippen molar-refractivity contribution in [3.8, 4) is 0 Å². The van der Waals surface area contributed by atoms with Crippen LogP contribution in [0.1, 0.15) is 22.0 Å². The van der Waals surface area contributed by atoms with Crippen molar-refractivity contribution in [2.24, 2.45) is 5.92 Å². The van der Waals surface area contributed by atoms with Gasteiger partial charge in [-0.2, -0.15) is 13.2 Å². The molecule has 142 valence electrons. The number of halogens is 4. The molecule has 1 aliphatic rings. The lowest BCUT2D eigenvalue weighted by molar-refractivity contribution is -0.285. The highest BCUT2D eigenvalue weighted by Gasteiger charge is 2.65. The molecule has 1 saturated heterocycles. The minimum Gasteiger partial charge on any atom is -0.363 e. The maximum atomic E-state index is 13.8. The average molecular weight is 415 g/mol. The molecule has 0 bridgehead atoms. The zero-order chi connectivity index (χ0) is 19.8. The number of hydrogen-bond acceptors (Lipinski definition) is 3. The topological polar surface area (TPSA) is 61.4 Å². The summed E-state index contributed by atoms with van der Waals surface area (Å²) < 4.78 is 41.4. The minimum atomic E-state index is -5.15. The van der Waals surface area contributed by atoms with Gasteiger partial charge in [-0.25, -0.2) is 0 Å². The normalized spacial score (nSPS) is 25.4. The summed E-state index contributed by atoms with van der Waals surface area (Å²) in [4.78, 5) is 13.0. The highest BCUT2D eigenvalue weighted by atomic mass is 35.5. The van der Waals surface area contributed by atoms with Crippen molar-refractivity contribution in [1.82, 2.24) is 10.6 Å². The van der Waals surface area contributed by atoms with Crippen molar-refractivity contribution in [2.75, 3.05) is 0 Å². The first kappa shape index (κ1) is 19.6. The van der Waals surface area contributed by atoms with Crippen molar-refractivity contribution in [2.45, 2.75) is 17.9 Å². The summed E-state index contributed by atoms with van der Waals surface area (Å²) >= 11 is 10.7. The number of ketones is 1. The van der Waals surface area contributed by atoms with Crippen LogP contribution in [0.4, 0.5) is 13.2 Å². The molecule has 2 aromatic carbocycles. The van der Waals surface area contributed by atoms with Crippen molar-refractivity contribution in [3.63, 3.8) is 0 Å². The molecular weight excluding hydrogens is 401 g/mol. The van der Waals surface area contributed by atoms with Crippen LogP contribution in [0.3, 0.4) is 0 Å². The highest BCUT2D eigenvalue weighted by Crippen LogP contribution is 2.44. The number of carbonyl (C=O) groups is 1. The highest BCUT2D eigenvalue weighted by molar-refractivity contribution is 7.80. The van der Waals surface area contributed by atoms with E-state index >= 15 is 0 Å². The zero-order valence-electron chi connectivity index (χ0n) is 13.6. The molecule has 0 unspecified atom stereocenters. The fourth-order valence-electron chi connectivity index (χ4n) is 3.07. The van der Waals surface area contributed by atoms with E-state index in [4.69, 9.17) is 23.8 Å². The molecule has 1 fully saturated rings. The first-order valence-electron chi connectivity index (χ1n) is 7.86. The molecule has 0 radical (unpaired) electrons. The van der Waals surface area contributed by atoms with Gasteiger partial charge in [0.2, 0.25) is 5.72 Å². The van der Waals surface area contributed by atoms with E-state index in [1.165, 1.54) is 48.5 Å². The standard InChI is InChI=1S/C18H14ClF3N2O2S/c19-12-8-6-10(7-9-12)14-13(15(25)11-4-2-1-3-5-11)17(26,18(20,21)22)24-16(27)23-14/h1-9,13-14,26H,(H2,23,24,27)/t13-,14+,17+/m0/s1. The lowest BCUT2D eigenvalue weighted by Gasteiger charge is -2.46. The number of hydrogen-bond donors (Lipinski definition) is 3. The zero-order valence-corrected chi connectivity index (χ0v) is 15.2. The quantitative estimate of drug-likeness (QED) is 0.529. The van der Waals surface area contributed by atoms with Crippen molar-refractivity contribution in [3.05, 3.63) is 70.7 Å². The van der Waals surface area contributed by atoms with Crippen LogP contribution in [0.2, 0.25) is 5.02 Å². The van der Waals surface area contributed by atoms with Crippen LogP contribution in [0, 0.1) is 5.92 Å². The van der Waals surface area contributed by atoms with Gasteiger partial charge in [-0.3, -0.25) is 4.79 Å². The fourth-order valence-corrected chi connectivity index (χ4v) is 3.48. The first-order chi connectivity index (χ1) is 12.6. The van der Waals surface area contributed by atoms with E-state index < -0.39 is 34.8 Å². The van der Waals surface area contributed by atoms with Gasteiger partial charge >= 0.3 is 6.18 Å². The minimum absolute atomic E-state index is 0.0422. The number of rotatable bonds is 3. The smallest absolute Gasteiger partial charge is 0.363 e. The van der Waals surface area contributed by atoms with E-state index in [1.54, 1.807) is 6.07 Å². The monoisotopic (exact) mass is 414 g/mol. The Kier molecular flexibility index (Phi) is 5.16. The third kappa shape index (κ3) is 3.65. The van der Waals surface area contributed by atoms with Crippen LogP contribution in [-0.2, 0) is 0 Å². The third-order valence-electron chi connectivity index (χ3n) is 4.38. The molecule has 3 rings (SSSR count). The molecule has 0 aromatic heterocycles. The summed E-state index contributed by atoms with van der Waals surface area (Å²) in [5.74, 6) is -2.80. The number of aliphatic hydroxyl groups is 1. The molecule has 0 amide bonds. The van der Waals surface area contributed by atoms with Crippen molar-refractivity contribution < 1.29 is 23.1 Å². The van der Waals surface area contributed by atoms with Gasteiger partial charge in [0.15, 0.2) is 10.9 Å². The Morgan fingerprint density at radius 2 is 1.70 bits per heavy atom. The molecule has 0 spiro atoms. The van der Waals surface area contributed by atoms with E-state index in [-0.39, 0.29) is 5.56 Å². The summed E-state index contributed by atoms with van der Waals surface area (Å²) in [6.07, 6.45) is -5.15. The van der Waals surface area contributed by atoms with Gasteiger partial charge in [0, 0.05) is 10.6 Å². The van der Waals surface area contributed by atoms with E-state index in [9.17, 15) is 23.1 Å². The summed E-state index contributed by atoms with van der Waals surface area (Å²) in [5.41, 5.74) is -3.16. The van der Waals surface area contributed by atoms with Gasteiger partial charge in [0.05, 0.1) is 6.04 Å². The second kappa shape index (κ2) is 7.10. The number of thiocarbonyl (C=S) groups is 1. The summed E-state index contributed by atoms with van der Waals surface area (Å²) in [6, 6.07) is 12.2. The number of nitrogens with one attached hydrogen (secondary N) is 2. The molecule has 3 atom stereocenters. The van der Waals surface area contributed by atoms with Gasteiger partial charge < -0.3 is 15.7 Å². The Labute approximate surface area is 163 Å². The fraction of sp³-hybridized carbons (Fsp3) is 0.222. The Morgan fingerprint density at radius 3 is 2.26 bits per heavy atom. The second-order valence-corrected chi connectivity index (χ2v) is 6.94. The van der Waals surface area contributed by atoms with E-state index in [0.717, 1.165) is 0 Å². The SMILES string of the molecule is O=C(c1ccccc1)[C@@H]1[C@@H](c2ccc(Cl)cc2)NC(=S)N[C@]1(O)C(F)(F)F. The van der Waals surface area contributed by atoms with Gasteiger partial charge in [-0.15, -0.1) is 0 Å². The molecule has 3 N–H and O–H groups in total. The molecule has 2 aromatic rings. The van der Waals surface area contributed by atoms with Crippen LogP contribution in [0.15, 0.2) is 54.6 Å². The molecule has 4 nitrogen and oxygen atoms in total. The average Bonchev–Trinajstić information content (AvgIpc) is 2.61. The molecular formula is C18H14ClF3N2O2S. The van der Waals surface area contributed by atoms with E-state index in [1.807, 2.05) is 5.32 Å². The van der Waals surface area contributed by atoms with E-state index in [0.29, 0.717) is 10.6 Å². The Morgan fingerprint density at radius 1 is 1.11 bits per heavy atom. The Balaban J connectivity index is 2.15.